The van der Waals surface area contributed by atoms with Crippen molar-refractivity contribution in [3.05, 3.63) is 88.9 Å². The third-order valence-electron chi connectivity index (χ3n) is 5.88. The second-order valence-electron chi connectivity index (χ2n) is 9.55. The fraction of sp³-hybridized carbons (Fsp3) is 0.393. The molecule has 2 aromatic carbocycles. The van der Waals surface area contributed by atoms with Crippen LogP contribution >= 0.6 is 0 Å². The molecular formula is C28H36N2O4S. The predicted molar refractivity (Wildman–Crippen MR) is 139 cm³/mol. The number of rotatable bonds is 11. The lowest BCUT2D eigenvalue weighted by Gasteiger charge is -2.29. The number of furan rings is 1. The van der Waals surface area contributed by atoms with Crippen molar-refractivity contribution in [2.75, 3.05) is 19.6 Å². The summed E-state index contributed by atoms with van der Waals surface area (Å²) in [4.78, 5) is 15.5. The van der Waals surface area contributed by atoms with E-state index in [-0.39, 0.29) is 31.5 Å². The number of hydrogen-bond donors (Lipinski definition) is 0. The zero-order chi connectivity index (χ0) is 25.6. The summed E-state index contributed by atoms with van der Waals surface area (Å²) < 4.78 is 34.4. The van der Waals surface area contributed by atoms with E-state index in [4.69, 9.17) is 4.42 Å². The Morgan fingerprint density at radius 2 is 1.63 bits per heavy atom. The van der Waals surface area contributed by atoms with Crippen LogP contribution in [0.2, 0.25) is 0 Å². The van der Waals surface area contributed by atoms with Crippen LogP contribution in [0, 0.1) is 26.7 Å². The van der Waals surface area contributed by atoms with E-state index in [1.54, 1.807) is 17.2 Å². The molecule has 0 spiro atoms. The molecule has 188 valence electrons. The maximum absolute atomic E-state index is 13.8. The van der Waals surface area contributed by atoms with Crippen molar-refractivity contribution in [2.45, 2.75) is 52.5 Å². The largest absolute Gasteiger partial charge is 0.467 e. The number of benzene rings is 2. The van der Waals surface area contributed by atoms with E-state index in [1.165, 1.54) is 4.31 Å². The number of nitrogens with zero attached hydrogens (tertiary/aromatic N) is 2. The normalized spacial score (nSPS) is 11.9. The van der Waals surface area contributed by atoms with Gasteiger partial charge in [-0.3, -0.25) is 4.79 Å². The Labute approximate surface area is 209 Å². The molecule has 0 saturated heterocycles. The van der Waals surface area contributed by atoms with Gasteiger partial charge in [0.05, 0.1) is 24.2 Å². The molecule has 0 fully saturated rings. The maximum atomic E-state index is 13.8. The van der Waals surface area contributed by atoms with Crippen LogP contribution < -0.4 is 0 Å². The van der Waals surface area contributed by atoms with E-state index >= 15 is 0 Å². The molecule has 3 aromatic rings. The van der Waals surface area contributed by atoms with E-state index in [1.807, 2.05) is 83.1 Å². The van der Waals surface area contributed by atoms with Gasteiger partial charge < -0.3 is 9.32 Å². The summed E-state index contributed by atoms with van der Waals surface area (Å²) in [6, 6.07) is 17.3. The Hall–Kier alpha value is -2.90. The quantitative estimate of drug-likeness (QED) is 0.369. The molecule has 0 aliphatic rings. The summed E-state index contributed by atoms with van der Waals surface area (Å²) >= 11 is 0. The zero-order valence-corrected chi connectivity index (χ0v) is 22.1. The lowest BCUT2D eigenvalue weighted by Crippen LogP contribution is -2.44. The number of carbonyl (C=O) groups excluding carboxylic acids is 1. The first kappa shape index (κ1) is 26.7. The molecule has 0 N–H and O–H groups in total. The summed E-state index contributed by atoms with van der Waals surface area (Å²) in [5.41, 5.74) is 3.51. The van der Waals surface area contributed by atoms with Crippen molar-refractivity contribution in [2.24, 2.45) is 5.92 Å². The van der Waals surface area contributed by atoms with Gasteiger partial charge in [0.15, 0.2) is 0 Å². The number of hydrogen-bond acceptors (Lipinski definition) is 4. The van der Waals surface area contributed by atoms with Gasteiger partial charge >= 0.3 is 0 Å². The summed E-state index contributed by atoms with van der Waals surface area (Å²) in [6.45, 7) is 10.3. The fourth-order valence-electron chi connectivity index (χ4n) is 4.40. The van der Waals surface area contributed by atoms with Gasteiger partial charge in [0, 0.05) is 13.1 Å². The zero-order valence-electron chi connectivity index (χ0n) is 21.3. The Balaban J connectivity index is 1.88. The second kappa shape index (κ2) is 11.7. The molecule has 3 rings (SSSR count). The van der Waals surface area contributed by atoms with E-state index in [0.29, 0.717) is 34.7 Å². The molecule has 7 heteroatoms. The van der Waals surface area contributed by atoms with Crippen molar-refractivity contribution in [3.63, 3.8) is 0 Å². The highest BCUT2D eigenvalue weighted by molar-refractivity contribution is 7.89. The molecule has 0 aliphatic heterocycles. The van der Waals surface area contributed by atoms with Crippen LogP contribution in [0.1, 0.15) is 41.9 Å². The monoisotopic (exact) mass is 496 g/mol. The number of carbonyl (C=O) groups is 1. The van der Waals surface area contributed by atoms with Crippen molar-refractivity contribution in [3.8, 4) is 0 Å². The summed E-state index contributed by atoms with van der Waals surface area (Å²) in [5, 5.41) is 0. The smallest absolute Gasteiger partial charge is 0.244 e. The molecule has 0 saturated carbocycles. The predicted octanol–water partition coefficient (Wildman–Crippen LogP) is 5.12. The minimum Gasteiger partial charge on any atom is -0.467 e. The van der Waals surface area contributed by atoms with Gasteiger partial charge in [-0.15, -0.1) is 0 Å². The topological polar surface area (TPSA) is 70.8 Å². The van der Waals surface area contributed by atoms with E-state index in [9.17, 15) is 13.2 Å². The molecule has 35 heavy (non-hydrogen) atoms. The summed E-state index contributed by atoms with van der Waals surface area (Å²) in [6.07, 6.45) is 2.24. The van der Waals surface area contributed by atoms with Crippen LogP contribution in [-0.2, 0) is 27.8 Å². The first-order valence-corrected chi connectivity index (χ1v) is 13.4. The first-order valence-electron chi connectivity index (χ1n) is 12.0. The van der Waals surface area contributed by atoms with Gasteiger partial charge in [-0.1, -0.05) is 61.9 Å². The number of aryl methyl sites for hydroxylation is 3. The van der Waals surface area contributed by atoms with E-state index in [2.05, 4.69) is 0 Å². The third kappa shape index (κ3) is 7.05. The lowest BCUT2D eigenvalue weighted by atomic mass is 10.1. The average Bonchev–Trinajstić information content (AvgIpc) is 3.28. The van der Waals surface area contributed by atoms with Crippen LogP contribution in [0.4, 0.5) is 0 Å². The summed E-state index contributed by atoms with van der Waals surface area (Å²) in [5.74, 6) is 0.477. The highest BCUT2D eigenvalue weighted by Gasteiger charge is 2.31. The summed E-state index contributed by atoms with van der Waals surface area (Å²) in [7, 11) is -3.87. The van der Waals surface area contributed by atoms with Crippen molar-refractivity contribution < 1.29 is 17.6 Å². The molecule has 1 amide bonds. The molecule has 6 nitrogen and oxygen atoms in total. The molecule has 1 heterocycles. The molecule has 1 aromatic heterocycles. The Bertz CT molecular complexity index is 1200. The van der Waals surface area contributed by atoms with Gasteiger partial charge in [0.25, 0.3) is 0 Å². The molecular weight excluding hydrogens is 460 g/mol. The molecule has 0 aliphatic carbocycles. The van der Waals surface area contributed by atoms with Crippen LogP contribution in [0.3, 0.4) is 0 Å². The highest BCUT2D eigenvalue weighted by Crippen LogP contribution is 2.26. The van der Waals surface area contributed by atoms with Crippen LogP contribution in [0.15, 0.2) is 70.2 Å². The van der Waals surface area contributed by atoms with Crippen LogP contribution in [0.25, 0.3) is 0 Å². The molecule has 0 unspecified atom stereocenters. The van der Waals surface area contributed by atoms with Crippen molar-refractivity contribution >= 4 is 15.9 Å². The van der Waals surface area contributed by atoms with Crippen molar-refractivity contribution in [1.29, 1.82) is 0 Å². The Morgan fingerprint density at radius 1 is 0.971 bits per heavy atom. The van der Waals surface area contributed by atoms with Gasteiger partial charge in [-0.05, 0) is 61.9 Å². The SMILES string of the molecule is Cc1cc(C)c(S(=O)(=O)N(CC(=O)N(CCc2ccccc2)Cc2ccco2)CC(C)C)c(C)c1. The number of sulfonamides is 1. The number of amides is 1. The van der Waals surface area contributed by atoms with Crippen LogP contribution in [0.5, 0.6) is 0 Å². The van der Waals surface area contributed by atoms with Gasteiger partial charge in [-0.25, -0.2) is 8.42 Å². The van der Waals surface area contributed by atoms with Crippen molar-refractivity contribution in [1.82, 2.24) is 9.21 Å². The second-order valence-corrected chi connectivity index (χ2v) is 11.4. The van der Waals surface area contributed by atoms with E-state index < -0.39 is 10.0 Å². The molecule has 0 atom stereocenters. The Morgan fingerprint density at radius 3 is 2.20 bits per heavy atom. The van der Waals surface area contributed by atoms with Gasteiger partial charge in [0.1, 0.15) is 5.76 Å². The molecule has 0 radical (unpaired) electrons. The first-order chi connectivity index (χ1) is 16.6. The van der Waals surface area contributed by atoms with Gasteiger partial charge in [0.2, 0.25) is 15.9 Å². The average molecular weight is 497 g/mol. The molecule has 0 bridgehead atoms. The van der Waals surface area contributed by atoms with Crippen LogP contribution in [-0.4, -0.2) is 43.2 Å². The maximum Gasteiger partial charge on any atom is 0.244 e. The Kier molecular flexibility index (Phi) is 8.92. The standard InChI is InChI=1S/C28H36N2O4S/c1-21(2)18-30(35(32,33)28-23(4)16-22(3)17-24(28)5)20-27(31)29(19-26-12-9-15-34-26)14-13-25-10-7-6-8-11-25/h6-12,15-17,21H,13-14,18-20H2,1-5H3. The third-order valence-corrected chi connectivity index (χ3v) is 7.99. The highest BCUT2D eigenvalue weighted by atomic mass is 32.2. The van der Waals surface area contributed by atoms with Gasteiger partial charge in [-0.2, -0.15) is 4.31 Å². The minimum absolute atomic E-state index is 0.0616. The lowest BCUT2D eigenvalue weighted by molar-refractivity contribution is -0.132. The fourth-order valence-corrected chi connectivity index (χ4v) is 6.36. The van der Waals surface area contributed by atoms with E-state index in [0.717, 1.165) is 11.1 Å². The minimum atomic E-state index is -3.87.